The standard InChI is InChI=1S/C18H21FN2O/c1-22-17-9-10-20-16(12-17)13-21-11-3-2-4-18(21)14-5-7-15(19)8-6-14/h5-10,12,18H,2-4,11,13H2,1H3. The second kappa shape index (κ2) is 6.88. The average Bonchev–Trinajstić information content (AvgIpc) is 2.56. The van der Waals surface area contributed by atoms with Gasteiger partial charge in [0.2, 0.25) is 0 Å². The number of piperidine rings is 1. The molecule has 2 heterocycles. The highest BCUT2D eigenvalue weighted by Crippen LogP contribution is 2.32. The van der Waals surface area contributed by atoms with Crippen LogP contribution in [0.25, 0.3) is 0 Å². The number of aromatic nitrogens is 1. The number of likely N-dealkylation sites (tertiary alicyclic amines) is 1. The smallest absolute Gasteiger partial charge is 0.123 e. The summed E-state index contributed by atoms with van der Waals surface area (Å²) in [7, 11) is 1.67. The number of benzene rings is 1. The Kier molecular flexibility index (Phi) is 4.68. The molecule has 0 saturated carbocycles. The first-order chi connectivity index (χ1) is 10.8. The van der Waals surface area contributed by atoms with Crippen molar-refractivity contribution in [2.45, 2.75) is 31.8 Å². The Balaban J connectivity index is 1.78. The fraction of sp³-hybridized carbons (Fsp3) is 0.389. The SMILES string of the molecule is COc1ccnc(CN2CCCCC2c2ccc(F)cc2)c1. The van der Waals surface area contributed by atoms with Gasteiger partial charge >= 0.3 is 0 Å². The Morgan fingerprint density at radius 2 is 2.05 bits per heavy atom. The number of rotatable bonds is 4. The van der Waals surface area contributed by atoms with Crippen LogP contribution >= 0.6 is 0 Å². The molecular weight excluding hydrogens is 279 g/mol. The van der Waals surface area contributed by atoms with E-state index >= 15 is 0 Å². The number of halogens is 1. The van der Waals surface area contributed by atoms with Crippen LogP contribution in [-0.2, 0) is 6.54 Å². The third-order valence-corrected chi connectivity index (χ3v) is 4.26. The van der Waals surface area contributed by atoms with E-state index in [1.54, 1.807) is 25.4 Å². The first-order valence-electron chi connectivity index (χ1n) is 7.75. The lowest BCUT2D eigenvalue weighted by Crippen LogP contribution is -2.33. The van der Waals surface area contributed by atoms with E-state index in [2.05, 4.69) is 9.88 Å². The van der Waals surface area contributed by atoms with Gasteiger partial charge in [-0.05, 0) is 43.1 Å². The van der Waals surface area contributed by atoms with Crippen molar-refractivity contribution >= 4 is 0 Å². The first kappa shape index (κ1) is 15.0. The maximum absolute atomic E-state index is 13.1. The van der Waals surface area contributed by atoms with Crippen molar-refractivity contribution in [1.82, 2.24) is 9.88 Å². The van der Waals surface area contributed by atoms with Gasteiger partial charge in [-0.25, -0.2) is 4.39 Å². The van der Waals surface area contributed by atoms with Crippen molar-refractivity contribution in [2.24, 2.45) is 0 Å². The number of hydrogen-bond donors (Lipinski definition) is 0. The van der Waals surface area contributed by atoms with Gasteiger partial charge in [-0.2, -0.15) is 0 Å². The summed E-state index contributed by atoms with van der Waals surface area (Å²) in [6.45, 7) is 1.83. The van der Waals surface area contributed by atoms with Crippen LogP contribution in [0.15, 0.2) is 42.6 Å². The first-order valence-corrected chi connectivity index (χ1v) is 7.75. The summed E-state index contributed by atoms with van der Waals surface area (Å²) in [5, 5.41) is 0. The number of hydrogen-bond acceptors (Lipinski definition) is 3. The normalized spacial score (nSPS) is 19.1. The van der Waals surface area contributed by atoms with Gasteiger partial charge in [-0.3, -0.25) is 9.88 Å². The van der Waals surface area contributed by atoms with Crippen LogP contribution in [0, 0.1) is 5.82 Å². The van der Waals surface area contributed by atoms with Crippen LogP contribution in [-0.4, -0.2) is 23.5 Å². The molecule has 1 aliphatic rings. The van der Waals surface area contributed by atoms with E-state index in [0.717, 1.165) is 31.0 Å². The third kappa shape index (κ3) is 3.45. The lowest BCUT2D eigenvalue weighted by atomic mass is 9.95. The molecule has 0 amide bonds. The van der Waals surface area contributed by atoms with E-state index in [1.165, 1.54) is 18.4 Å². The second-order valence-corrected chi connectivity index (χ2v) is 5.72. The fourth-order valence-electron chi connectivity index (χ4n) is 3.12. The number of pyridine rings is 1. The Morgan fingerprint density at radius 3 is 2.82 bits per heavy atom. The molecule has 1 atom stereocenters. The minimum absolute atomic E-state index is 0.180. The van der Waals surface area contributed by atoms with Gasteiger partial charge in [-0.1, -0.05) is 18.6 Å². The van der Waals surface area contributed by atoms with Gasteiger partial charge in [0, 0.05) is 24.8 Å². The number of ether oxygens (including phenoxy) is 1. The van der Waals surface area contributed by atoms with Crippen LogP contribution in [0.5, 0.6) is 5.75 Å². The highest BCUT2D eigenvalue weighted by molar-refractivity contribution is 5.24. The van der Waals surface area contributed by atoms with E-state index in [4.69, 9.17) is 4.74 Å². The van der Waals surface area contributed by atoms with E-state index in [9.17, 15) is 4.39 Å². The molecule has 0 N–H and O–H groups in total. The zero-order valence-electron chi connectivity index (χ0n) is 12.8. The molecule has 3 rings (SSSR count). The summed E-state index contributed by atoms with van der Waals surface area (Å²) in [5.74, 6) is 0.654. The fourth-order valence-corrected chi connectivity index (χ4v) is 3.12. The summed E-state index contributed by atoms with van der Waals surface area (Å²) >= 11 is 0. The van der Waals surface area contributed by atoms with Gasteiger partial charge in [0.15, 0.2) is 0 Å². The second-order valence-electron chi connectivity index (χ2n) is 5.72. The Bertz CT molecular complexity index is 615. The van der Waals surface area contributed by atoms with Gasteiger partial charge < -0.3 is 4.74 Å². The monoisotopic (exact) mass is 300 g/mol. The zero-order chi connectivity index (χ0) is 15.4. The third-order valence-electron chi connectivity index (χ3n) is 4.26. The number of nitrogens with zero attached hydrogens (tertiary/aromatic N) is 2. The summed E-state index contributed by atoms with van der Waals surface area (Å²) in [6, 6.07) is 11.1. The van der Waals surface area contributed by atoms with Crippen molar-refractivity contribution < 1.29 is 9.13 Å². The molecule has 1 aromatic carbocycles. The maximum atomic E-state index is 13.1. The minimum atomic E-state index is -0.180. The Hall–Kier alpha value is -1.94. The Morgan fingerprint density at radius 1 is 1.23 bits per heavy atom. The lowest BCUT2D eigenvalue weighted by molar-refractivity contribution is 0.138. The summed E-state index contributed by atoms with van der Waals surface area (Å²) in [5.41, 5.74) is 2.19. The van der Waals surface area contributed by atoms with Crippen LogP contribution in [0.1, 0.15) is 36.6 Å². The molecule has 3 nitrogen and oxygen atoms in total. The zero-order valence-corrected chi connectivity index (χ0v) is 12.8. The lowest BCUT2D eigenvalue weighted by Gasteiger charge is -2.35. The molecule has 2 aromatic rings. The van der Waals surface area contributed by atoms with Crippen LogP contribution in [0.4, 0.5) is 4.39 Å². The summed E-state index contributed by atoms with van der Waals surface area (Å²) in [6.07, 6.45) is 5.30. The van der Waals surface area contributed by atoms with E-state index in [1.807, 2.05) is 24.3 Å². The maximum Gasteiger partial charge on any atom is 0.123 e. The minimum Gasteiger partial charge on any atom is -0.497 e. The predicted molar refractivity (Wildman–Crippen MR) is 84.2 cm³/mol. The van der Waals surface area contributed by atoms with Crippen molar-refractivity contribution in [3.63, 3.8) is 0 Å². The van der Waals surface area contributed by atoms with E-state index < -0.39 is 0 Å². The Labute approximate surface area is 130 Å². The topological polar surface area (TPSA) is 25.4 Å². The summed E-state index contributed by atoms with van der Waals surface area (Å²) in [4.78, 5) is 6.87. The molecule has 0 bridgehead atoms. The summed E-state index contributed by atoms with van der Waals surface area (Å²) < 4.78 is 18.4. The largest absolute Gasteiger partial charge is 0.497 e. The van der Waals surface area contributed by atoms with Crippen molar-refractivity contribution in [3.05, 3.63) is 59.7 Å². The van der Waals surface area contributed by atoms with Crippen LogP contribution < -0.4 is 4.74 Å². The molecular formula is C18H21FN2O. The molecule has 1 aliphatic heterocycles. The predicted octanol–water partition coefficient (Wildman–Crippen LogP) is 3.96. The molecule has 1 saturated heterocycles. The number of methoxy groups -OCH3 is 1. The quantitative estimate of drug-likeness (QED) is 0.854. The molecule has 0 spiro atoms. The van der Waals surface area contributed by atoms with Gasteiger partial charge in [0.1, 0.15) is 11.6 Å². The highest BCUT2D eigenvalue weighted by atomic mass is 19.1. The van der Waals surface area contributed by atoms with E-state index in [0.29, 0.717) is 6.04 Å². The van der Waals surface area contributed by atoms with Crippen molar-refractivity contribution in [3.8, 4) is 5.75 Å². The molecule has 1 aromatic heterocycles. The molecule has 116 valence electrons. The molecule has 4 heteroatoms. The molecule has 0 aliphatic carbocycles. The van der Waals surface area contributed by atoms with Crippen molar-refractivity contribution in [2.75, 3.05) is 13.7 Å². The molecule has 0 radical (unpaired) electrons. The van der Waals surface area contributed by atoms with E-state index in [-0.39, 0.29) is 5.82 Å². The van der Waals surface area contributed by atoms with Gasteiger partial charge in [-0.15, -0.1) is 0 Å². The van der Waals surface area contributed by atoms with Gasteiger partial charge in [0.25, 0.3) is 0 Å². The molecule has 1 fully saturated rings. The average molecular weight is 300 g/mol. The molecule has 1 unspecified atom stereocenters. The van der Waals surface area contributed by atoms with Crippen LogP contribution in [0.3, 0.4) is 0 Å². The van der Waals surface area contributed by atoms with Gasteiger partial charge in [0.05, 0.1) is 12.8 Å². The van der Waals surface area contributed by atoms with Crippen LogP contribution in [0.2, 0.25) is 0 Å². The van der Waals surface area contributed by atoms with Crippen molar-refractivity contribution in [1.29, 1.82) is 0 Å². The molecule has 22 heavy (non-hydrogen) atoms. The highest BCUT2D eigenvalue weighted by Gasteiger charge is 2.24.